The van der Waals surface area contributed by atoms with Crippen LogP contribution in [0, 0.1) is 11.4 Å². The van der Waals surface area contributed by atoms with E-state index in [1.807, 2.05) is 31.2 Å². The molecule has 1 heterocycles. The smallest absolute Gasteiger partial charge is 0.240 e. The molecule has 8 nitrogen and oxygen atoms in total. The minimum atomic E-state index is -0.675. The number of rotatable bonds is 5. The summed E-state index contributed by atoms with van der Waals surface area (Å²) in [6.07, 6.45) is 0.389. The molecule has 4 N–H and O–H groups in total. The van der Waals surface area contributed by atoms with Crippen LogP contribution in [0.4, 0.5) is 5.69 Å². The van der Waals surface area contributed by atoms with E-state index < -0.39 is 6.04 Å². The van der Waals surface area contributed by atoms with Crippen molar-refractivity contribution in [3.05, 3.63) is 59.2 Å². The van der Waals surface area contributed by atoms with E-state index in [0.29, 0.717) is 17.7 Å². The van der Waals surface area contributed by atoms with Crippen LogP contribution in [0.2, 0.25) is 0 Å². The molecule has 1 aliphatic rings. The van der Waals surface area contributed by atoms with E-state index >= 15 is 0 Å². The number of benzene rings is 2. The zero-order valence-corrected chi connectivity index (χ0v) is 15.6. The fourth-order valence-electron chi connectivity index (χ4n) is 3.22. The van der Waals surface area contributed by atoms with Crippen molar-refractivity contribution in [3.8, 4) is 5.75 Å². The van der Waals surface area contributed by atoms with E-state index in [4.69, 9.17) is 5.53 Å². The number of phenolic OH excluding ortho intramolecular Hbond substituents is 1. The van der Waals surface area contributed by atoms with Gasteiger partial charge in [0.05, 0.1) is 5.71 Å². The number of anilines is 1. The molecule has 2 aromatic carbocycles. The lowest BCUT2D eigenvalue weighted by Gasteiger charge is -2.20. The first kappa shape index (κ1) is 19.2. The van der Waals surface area contributed by atoms with Crippen molar-refractivity contribution < 1.29 is 14.7 Å². The lowest BCUT2D eigenvalue weighted by atomic mass is 9.92. The number of hydrogen-bond acceptors (Lipinski definition) is 6. The maximum Gasteiger partial charge on any atom is 0.240 e. The highest BCUT2D eigenvalue weighted by atomic mass is 16.3. The Morgan fingerprint density at radius 1 is 1.32 bits per heavy atom. The van der Waals surface area contributed by atoms with Crippen LogP contribution in [-0.2, 0) is 9.59 Å². The summed E-state index contributed by atoms with van der Waals surface area (Å²) in [4.78, 5) is 22.6. The first-order valence-electron chi connectivity index (χ1n) is 8.83. The van der Waals surface area contributed by atoms with Crippen molar-refractivity contribution in [3.63, 3.8) is 0 Å². The van der Waals surface area contributed by atoms with Gasteiger partial charge >= 0.3 is 0 Å². The molecule has 2 atom stereocenters. The highest BCUT2D eigenvalue weighted by Gasteiger charge is 2.22. The predicted molar refractivity (Wildman–Crippen MR) is 104 cm³/mol. The van der Waals surface area contributed by atoms with Gasteiger partial charge in [0.2, 0.25) is 11.8 Å². The Balaban J connectivity index is 1.86. The molecular formula is C20H21N5O3. The molecule has 2 aromatic rings. The number of phenols is 1. The van der Waals surface area contributed by atoms with Crippen LogP contribution in [0.25, 0.3) is 0 Å². The number of nitrogens with one attached hydrogen (secondary N) is 3. The number of amides is 2. The lowest BCUT2D eigenvalue weighted by Crippen LogP contribution is -2.31. The molecule has 8 heteroatoms. The molecule has 0 saturated heterocycles. The quantitative estimate of drug-likeness (QED) is 0.595. The standard InChI is InChI=1S/C20H21N5O3/c1-11-9-18(28)24-25-19(11)13-3-5-14(6-4-13)20(23-21)16-8-7-15(10-17(16)27)22-12(2)26/h3-8,10-11,20-21,27H,9H2,1-2H3,(H,22,26)(H,24,28). The normalized spacial score (nSPS) is 17.3. The minimum absolute atomic E-state index is 0.0154. The average molecular weight is 379 g/mol. The third-order valence-electron chi connectivity index (χ3n) is 4.56. The molecule has 28 heavy (non-hydrogen) atoms. The van der Waals surface area contributed by atoms with Gasteiger partial charge in [0.1, 0.15) is 11.8 Å². The summed E-state index contributed by atoms with van der Waals surface area (Å²) in [7, 11) is 0. The van der Waals surface area contributed by atoms with E-state index in [1.54, 1.807) is 12.1 Å². The second kappa shape index (κ2) is 7.99. The number of nitrogens with zero attached hydrogens (tertiary/aromatic N) is 2. The van der Waals surface area contributed by atoms with Crippen LogP contribution in [0.3, 0.4) is 0 Å². The molecule has 0 radical (unpaired) electrons. The number of carbonyl (C=O) groups is 2. The molecule has 144 valence electrons. The van der Waals surface area contributed by atoms with E-state index in [-0.39, 0.29) is 23.5 Å². The summed E-state index contributed by atoms with van der Waals surface area (Å²) < 4.78 is 0. The van der Waals surface area contributed by atoms with E-state index in [1.165, 1.54) is 13.0 Å². The van der Waals surface area contributed by atoms with Gasteiger partial charge in [0.15, 0.2) is 0 Å². The first-order valence-corrected chi connectivity index (χ1v) is 8.83. The summed E-state index contributed by atoms with van der Waals surface area (Å²) in [5.41, 5.74) is 13.4. The summed E-state index contributed by atoms with van der Waals surface area (Å²) >= 11 is 0. The van der Waals surface area contributed by atoms with Crippen LogP contribution in [0.1, 0.15) is 43.0 Å². The molecule has 0 aromatic heterocycles. The van der Waals surface area contributed by atoms with Crippen molar-refractivity contribution in [1.82, 2.24) is 5.43 Å². The Kier molecular flexibility index (Phi) is 5.49. The van der Waals surface area contributed by atoms with Gasteiger partial charge in [-0.05, 0) is 17.2 Å². The van der Waals surface area contributed by atoms with Gasteiger partial charge in [0, 0.05) is 36.6 Å². The van der Waals surface area contributed by atoms with E-state index in [0.717, 1.165) is 16.8 Å². The van der Waals surface area contributed by atoms with Gasteiger partial charge in [-0.3, -0.25) is 9.59 Å². The molecule has 1 aliphatic heterocycles. The van der Waals surface area contributed by atoms with Gasteiger partial charge in [-0.2, -0.15) is 10.2 Å². The largest absolute Gasteiger partial charge is 0.507 e. The monoisotopic (exact) mass is 379 g/mol. The molecule has 0 fully saturated rings. The van der Waals surface area contributed by atoms with Crippen molar-refractivity contribution in [2.75, 3.05) is 5.32 Å². The Morgan fingerprint density at radius 3 is 2.61 bits per heavy atom. The summed E-state index contributed by atoms with van der Waals surface area (Å²) in [6.45, 7) is 3.33. The van der Waals surface area contributed by atoms with Crippen molar-refractivity contribution in [1.29, 1.82) is 5.53 Å². The molecule has 0 aliphatic carbocycles. The van der Waals surface area contributed by atoms with E-state index in [2.05, 4.69) is 21.0 Å². The third-order valence-corrected chi connectivity index (χ3v) is 4.56. The van der Waals surface area contributed by atoms with Crippen LogP contribution >= 0.6 is 0 Å². The van der Waals surface area contributed by atoms with Crippen LogP contribution < -0.4 is 10.7 Å². The van der Waals surface area contributed by atoms with Crippen molar-refractivity contribution in [2.24, 2.45) is 16.1 Å². The molecule has 0 spiro atoms. The maximum atomic E-state index is 11.4. The van der Waals surface area contributed by atoms with Crippen LogP contribution in [0.15, 0.2) is 52.7 Å². The fourth-order valence-corrected chi connectivity index (χ4v) is 3.22. The van der Waals surface area contributed by atoms with Crippen molar-refractivity contribution >= 4 is 23.2 Å². The molecule has 3 rings (SSSR count). The zero-order chi connectivity index (χ0) is 20.3. The highest BCUT2D eigenvalue weighted by Crippen LogP contribution is 2.34. The molecule has 2 amide bonds. The first-order chi connectivity index (χ1) is 13.4. The second-order valence-electron chi connectivity index (χ2n) is 6.75. The Morgan fingerprint density at radius 2 is 2.04 bits per heavy atom. The zero-order valence-electron chi connectivity index (χ0n) is 15.6. The van der Waals surface area contributed by atoms with Crippen molar-refractivity contribution in [2.45, 2.75) is 26.3 Å². The Hall–Kier alpha value is -3.55. The van der Waals surface area contributed by atoms with Gasteiger partial charge in [-0.1, -0.05) is 37.3 Å². The predicted octanol–water partition coefficient (Wildman–Crippen LogP) is 3.33. The van der Waals surface area contributed by atoms with Gasteiger partial charge in [-0.15, -0.1) is 0 Å². The van der Waals surface area contributed by atoms with Crippen LogP contribution in [0.5, 0.6) is 5.75 Å². The highest BCUT2D eigenvalue weighted by molar-refractivity contribution is 6.05. The lowest BCUT2D eigenvalue weighted by molar-refractivity contribution is -0.122. The van der Waals surface area contributed by atoms with E-state index in [9.17, 15) is 14.7 Å². The molecule has 2 unspecified atom stereocenters. The number of hydrogen-bond donors (Lipinski definition) is 4. The number of carbonyl (C=O) groups excluding carboxylic acids is 2. The number of hydrazone groups is 1. The van der Waals surface area contributed by atoms with Gasteiger partial charge in [0.25, 0.3) is 0 Å². The summed E-state index contributed by atoms with van der Waals surface area (Å²) in [6, 6.07) is 11.4. The minimum Gasteiger partial charge on any atom is -0.507 e. The Labute approximate surface area is 162 Å². The second-order valence-corrected chi connectivity index (χ2v) is 6.75. The fraction of sp³-hybridized carbons (Fsp3) is 0.250. The molecule has 0 bridgehead atoms. The number of aromatic hydroxyl groups is 1. The Bertz CT molecular complexity index is 953. The molecular weight excluding hydrogens is 358 g/mol. The van der Waals surface area contributed by atoms with Gasteiger partial charge < -0.3 is 10.4 Å². The molecule has 0 saturated carbocycles. The average Bonchev–Trinajstić information content (AvgIpc) is 2.64. The topological polar surface area (TPSA) is 127 Å². The summed E-state index contributed by atoms with van der Waals surface area (Å²) in [5, 5.41) is 20.7. The maximum absolute atomic E-state index is 11.4. The third kappa shape index (κ3) is 4.06. The SMILES string of the molecule is CC(=O)Nc1ccc(C(N=N)c2ccc(C3=NNC(=O)CC3C)cc2)c(O)c1. The van der Waals surface area contributed by atoms with Crippen LogP contribution in [-0.4, -0.2) is 22.6 Å². The summed E-state index contributed by atoms with van der Waals surface area (Å²) in [5.74, 6) is -0.370. The van der Waals surface area contributed by atoms with Gasteiger partial charge in [-0.25, -0.2) is 11.0 Å².